The van der Waals surface area contributed by atoms with Crippen molar-refractivity contribution in [2.45, 2.75) is 25.3 Å². The molecule has 3 aromatic rings. The molecule has 0 amide bonds. The molecule has 1 heterocycles. The Balaban J connectivity index is 2.11. The molecule has 0 saturated carbocycles. The molecule has 32 heavy (non-hydrogen) atoms. The van der Waals surface area contributed by atoms with Crippen molar-refractivity contribution in [1.82, 2.24) is 19.7 Å². The van der Waals surface area contributed by atoms with Gasteiger partial charge < -0.3 is 5.11 Å². The summed E-state index contributed by atoms with van der Waals surface area (Å²) in [6.45, 7) is -1.80. The first-order valence-corrected chi connectivity index (χ1v) is 8.50. The highest BCUT2D eigenvalue weighted by Gasteiger charge is 2.54. The van der Waals surface area contributed by atoms with Gasteiger partial charge in [-0.25, -0.2) is 9.67 Å². The smallest absolute Gasteiger partial charge is 0.467 e. The number of halogens is 9. The van der Waals surface area contributed by atoms with Crippen LogP contribution in [0.15, 0.2) is 48.5 Å². The molecule has 172 valence electrons. The van der Waals surface area contributed by atoms with E-state index in [-0.39, 0.29) is 22.8 Å². The fourth-order valence-electron chi connectivity index (χ4n) is 2.69. The molecule has 1 N–H and O–H groups in total. The zero-order valence-corrected chi connectivity index (χ0v) is 15.5. The SMILES string of the molecule is Oc1cccc(-n2nc(CN(C(F)(F)F)C(F)(F)F)nc2-c2ccc(C(F)(F)F)cc2)c1. The van der Waals surface area contributed by atoms with E-state index in [1.165, 1.54) is 18.2 Å². The number of rotatable bonds is 4. The molecule has 0 atom stereocenters. The van der Waals surface area contributed by atoms with E-state index >= 15 is 0 Å². The van der Waals surface area contributed by atoms with Gasteiger partial charge in [-0.15, -0.1) is 10.00 Å². The topological polar surface area (TPSA) is 54.2 Å². The minimum absolute atomic E-state index is 0.00390. The van der Waals surface area contributed by atoms with Crippen molar-refractivity contribution in [3.63, 3.8) is 0 Å². The van der Waals surface area contributed by atoms with E-state index in [4.69, 9.17) is 0 Å². The second kappa shape index (κ2) is 8.00. The van der Waals surface area contributed by atoms with Gasteiger partial charge in [0.2, 0.25) is 0 Å². The number of phenolic OH excluding ortho intramolecular Hbond substituents is 1. The van der Waals surface area contributed by atoms with Crippen LogP contribution in [0.25, 0.3) is 17.1 Å². The van der Waals surface area contributed by atoms with Crippen LogP contribution in [0.3, 0.4) is 0 Å². The van der Waals surface area contributed by atoms with Crippen LogP contribution in [-0.4, -0.2) is 37.4 Å². The molecule has 0 aliphatic rings. The molecular weight excluding hydrogens is 459 g/mol. The molecular formula is C18H11F9N4O. The van der Waals surface area contributed by atoms with Gasteiger partial charge in [0.05, 0.1) is 17.8 Å². The van der Waals surface area contributed by atoms with E-state index in [0.29, 0.717) is 12.1 Å². The molecule has 0 radical (unpaired) electrons. The highest BCUT2D eigenvalue weighted by atomic mass is 19.4. The van der Waals surface area contributed by atoms with Crippen LogP contribution in [0.1, 0.15) is 11.4 Å². The Morgan fingerprint density at radius 1 is 0.844 bits per heavy atom. The Labute approximate surface area is 173 Å². The van der Waals surface area contributed by atoms with Crippen molar-refractivity contribution in [1.29, 1.82) is 0 Å². The highest BCUT2D eigenvalue weighted by Crippen LogP contribution is 2.35. The molecule has 0 aliphatic heterocycles. The monoisotopic (exact) mass is 470 g/mol. The van der Waals surface area contributed by atoms with Gasteiger partial charge in [0.25, 0.3) is 0 Å². The molecule has 1 aromatic heterocycles. The molecule has 5 nitrogen and oxygen atoms in total. The van der Waals surface area contributed by atoms with Gasteiger partial charge in [0.1, 0.15) is 5.75 Å². The average Bonchev–Trinajstić information content (AvgIpc) is 3.08. The van der Waals surface area contributed by atoms with Gasteiger partial charge in [-0.05, 0) is 24.3 Å². The third-order valence-electron chi connectivity index (χ3n) is 4.11. The standard InChI is InChI=1S/C18H11F9N4O/c19-16(20,21)11-6-4-10(5-7-11)15-28-14(9-30(17(22,23)24)18(25,26)27)29-31(15)12-2-1-3-13(32)8-12/h1-8,32H,9H2. The highest BCUT2D eigenvalue weighted by molar-refractivity contribution is 5.59. The van der Waals surface area contributed by atoms with E-state index in [2.05, 4.69) is 10.1 Å². The number of nitrogens with zero attached hydrogens (tertiary/aromatic N) is 4. The first-order chi connectivity index (χ1) is 14.7. The van der Waals surface area contributed by atoms with Crippen molar-refractivity contribution < 1.29 is 44.6 Å². The largest absolute Gasteiger partial charge is 0.508 e. The van der Waals surface area contributed by atoms with E-state index in [1.807, 2.05) is 0 Å². The van der Waals surface area contributed by atoms with Crippen LogP contribution < -0.4 is 0 Å². The summed E-state index contributed by atoms with van der Waals surface area (Å²) >= 11 is 0. The van der Waals surface area contributed by atoms with E-state index in [1.54, 1.807) is 0 Å². The summed E-state index contributed by atoms with van der Waals surface area (Å²) in [5, 5.41) is 13.3. The Morgan fingerprint density at radius 3 is 1.94 bits per heavy atom. The second-order valence-electron chi connectivity index (χ2n) is 6.38. The average molecular weight is 470 g/mol. The molecule has 0 fully saturated rings. The number of benzene rings is 2. The maximum atomic E-state index is 12.9. The normalized spacial score (nSPS) is 13.1. The minimum Gasteiger partial charge on any atom is -0.508 e. The summed E-state index contributed by atoms with van der Waals surface area (Å²) in [7, 11) is 0. The molecule has 0 bridgehead atoms. The number of aromatic nitrogens is 3. The van der Waals surface area contributed by atoms with Crippen LogP contribution in [0.2, 0.25) is 0 Å². The summed E-state index contributed by atoms with van der Waals surface area (Å²) in [6.07, 6.45) is -16.2. The predicted octanol–water partition coefficient (Wildman–Crippen LogP) is 5.50. The molecule has 0 unspecified atom stereocenters. The zero-order chi connectivity index (χ0) is 23.9. The third-order valence-corrected chi connectivity index (χ3v) is 4.11. The predicted molar refractivity (Wildman–Crippen MR) is 91.1 cm³/mol. The Hall–Kier alpha value is -3.29. The van der Waals surface area contributed by atoms with Gasteiger partial charge in [-0.1, -0.05) is 18.2 Å². The summed E-state index contributed by atoms with van der Waals surface area (Å²) in [5.74, 6) is -1.54. The lowest BCUT2D eigenvalue weighted by Gasteiger charge is -2.25. The molecule has 3 rings (SSSR count). The summed E-state index contributed by atoms with van der Waals surface area (Å²) in [4.78, 5) is 1.96. The first-order valence-electron chi connectivity index (χ1n) is 8.50. The van der Waals surface area contributed by atoms with Crippen LogP contribution in [0, 0.1) is 0 Å². The molecule has 0 saturated heterocycles. The van der Waals surface area contributed by atoms with Crippen molar-refractivity contribution in [2.24, 2.45) is 0 Å². The van der Waals surface area contributed by atoms with Crippen molar-refractivity contribution in [3.8, 4) is 22.8 Å². The van der Waals surface area contributed by atoms with Gasteiger partial charge >= 0.3 is 18.8 Å². The minimum atomic E-state index is -5.79. The van der Waals surface area contributed by atoms with Gasteiger partial charge in [-0.2, -0.15) is 39.5 Å². The zero-order valence-electron chi connectivity index (χ0n) is 15.5. The van der Waals surface area contributed by atoms with Gasteiger partial charge in [0.15, 0.2) is 11.6 Å². The van der Waals surface area contributed by atoms with E-state index < -0.39 is 41.6 Å². The Morgan fingerprint density at radius 2 is 1.44 bits per heavy atom. The lowest BCUT2D eigenvalue weighted by molar-refractivity contribution is -0.377. The molecule has 0 aliphatic carbocycles. The first kappa shape index (κ1) is 23.4. The van der Waals surface area contributed by atoms with Crippen molar-refractivity contribution in [3.05, 3.63) is 59.9 Å². The number of alkyl halides is 9. The molecule has 14 heteroatoms. The third kappa shape index (κ3) is 5.12. The summed E-state index contributed by atoms with van der Waals surface area (Å²) in [5.41, 5.74) is -1.08. The number of hydrogen-bond donors (Lipinski definition) is 1. The van der Waals surface area contributed by atoms with Crippen LogP contribution in [0.5, 0.6) is 5.75 Å². The summed E-state index contributed by atoms with van der Waals surface area (Å²) < 4.78 is 116. The fourth-order valence-corrected chi connectivity index (χ4v) is 2.69. The lowest BCUT2D eigenvalue weighted by Crippen LogP contribution is -2.47. The number of hydrogen-bond acceptors (Lipinski definition) is 4. The molecule has 0 spiro atoms. The van der Waals surface area contributed by atoms with Crippen LogP contribution >= 0.6 is 0 Å². The van der Waals surface area contributed by atoms with Crippen LogP contribution in [-0.2, 0) is 12.7 Å². The van der Waals surface area contributed by atoms with E-state index in [0.717, 1.165) is 22.9 Å². The number of aromatic hydroxyl groups is 1. The maximum absolute atomic E-state index is 12.9. The Bertz CT molecular complexity index is 1070. The maximum Gasteiger partial charge on any atom is 0.467 e. The van der Waals surface area contributed by atoms with Crippen molar-refractivity contribution in [2.75, 3.05) is 0 Å². The van der Waals surface area contributed by atoms with Gasteiger partial charge in [-0.3, -0.25) is 0 Å². The second-order valence-corrected chi connectivity index (χ2v) is 6.38. The fraction of sp³-hybridized carbons (Fsp3) is 0.222. The summed E-state index contributed by atoms with van der Waals surface area (Å²) in [6, 6.07) is 8.22. The molecule has 2 aromatic carbocycles. The van der Waals surface area contributed by atoms with Crippen molar-refractivity contribution >= 4 is 0 Å². The lowest BCUT2D eigenvalue weighted by atomic mass is 10.1. The van der Waals surface area contributed by atoms with Crippen LogP contribution in [0.4, 0.5) is 39.5 Å². The quantitative estimate of drug-likeness (QED) is 0.404. The van der Waals surface area contributed by atoms with Gasteiger partial charge in [0, 0.05) is 11.6 Å². The Kier molecular flexibility index (Phi) is 5.84. The number of phenols is 1. The van der Waals surface area contributed by atoms with E-state index in [9.17, 15) is 44.6 Å².